The molecule has 0 amide bonds. The summed E-state index contributed by atoms with van der Waals surface area (Å²) in [5.74, 6) is 0.355. The van der Waals surface area contributed by atoms with E-state index in [1.54, 1.807) is 6.07 Å². The zero-order chi connectivity index (χ0) is 19.1. The Kier molecular flexibility index (Phi) is 6.74. The minimum Gasteiger partial charge on any atom is -0.379 e. The van der Waals surface area contributed by atoms with Gasteiger partial charge in [-0.15, -0.1) is 0 Å². The summed E-state index contributed by atoms with van der Waals surface area (Å²) in [6, 6.07) is 7.31. The van der Waals surface area contributed by atoms with Crippen molar-refractivity contribution in [2.75, 3.05) is 50.0 Å². The standard InChI is InChI=1S/C17H21ClN6O3/c18-14-4-2-1-3-13(14)11-20-17-15(24(25)26)16(21-12-22-17)19-5-6-23-7-9-27-10-8-23/h1-4,12H,5-11H2,(H2,19,20,21,22). The molecule has 1 fully saturated rings. The molecule has 144 valence electrons. The van der Waals surface area contributed by atoms with Crippen LogP contribution in [0.4, 0.5) is 17.3 Å². The Morgan fingerprint density at radius 2 is 1.89 bits per heavy atom. The van der Waals surface area contributed by atoms with Crippen LogP contribution in [0.3, 0.4) is 0 Å². The third-order valence-electron chi connectivity index (χ3n) is 4.23. The van der Waals surface area contributed by atoms with Gasteiger partial charge in [0.1, 0.15) is 6.33 Å². The molecule has 2 N–H and O–H groups in total. The van der Waals surface area contributed by atoms with Crippen LogP contribution in [0, 0.1) is 10.1 Å². The number of nitro groups is 1. The third kappa shape index (κ3) is 5.25. The molecule has 0 atom stereocenters. The lowest BCUT2D eigenvalue weighted by Crippen LogP contribution is -2.39. The summed E-state index contributed by atoms with van der Waals surface area (Å²) in [6.45, 7) is 4.77. The average Bonchev–Trinajstić information content (AvgIpc) is 2.68. The van der Waals surface area contributed by atoms with Gasteiger partial charge in [-0.05, 0) is 11.6 Å². The van der Waals surface area contributed by atoms with Crippen LogP contribution < -0.4 is 10.6 Å². The summed E-state index contributed by atoms with van der Waals surface area (Å²) >= 11 is 6.13. The van der Waals surface area contributed by atoms with E-state index in [-0.39, 0.29) is 17.3 Å². The Hall–Kier alpha value is -2.49. The first-order valence-electron chi connectivity index (χ1n) is 8.66. The highest BCUT2D eigenvalue weighted by Crippen LogP contribution is 2.29. The van der Waals surface area contributed by atoms with Gasteiger partial charge in [0, 0.05) is 37.7 Å². The molecule has 0 aliphatic carbocycles. The number of anilines is 2. The molecule has 1 aromatic heterocycles. The van der Waals surface area contributed by atoms with E-state index in [1.165, 1.54) is 6.33 Å². The number of rotatable bonds is 8. The molecule has 0 saturated carbocycles. The fraction of sp³-hybridized carbons (Fsp3) is 0.412. The molecule has 1 aliphatic heterocycles. The maximum atomic E-state index is 11.6. The van der Waals surface area contributed by atoms with Crippen molar-refractivity contribution in [1.29, 1.82) is 0 Å². The number of halogens is 1. The van der Waals surface area contributed by atoms with Crippen molar-refractivity contribution in [3.8, 4) is 0 Å². The van der Waals surface area contributed by atoms with Gasteiger partial charge in [-0.3, -0.25) is 15.0 Å². The molecular formula is C17H21ClN6O3. The van der Waals surface area contributed by atoms with Crippen molar-refractivity contribution >= 4 is 28.9 Å². The average molecular weight is 393 g/mol. The Balaban J connectivity index is 1.66. The number of benzene rings is 1. The van der Waals surface area contributed by atoms with Gasteiger partial charge in [-0.1, -0.05) is 29.8 Å². The zero-order valence-corrected chi connectivity index (χ0v) is 15.5. The quantitative estimate of drug-likeness (QED) is 0.521. The summed E-state index contributed by atoms with van der Waals surface area (Å²) in [6.07, 6.45) is 1.30. The number of hydrogen-bond donors (Lipinski definition) is 2. The first kappa shape index (κ1) is 19.3. The van der Waals surface area contributed by atoms with Crippen molar-refractivity contribution < 1.29 is 9.66 Å². The van der Waals surface area contributed by atoms with Crippen LogP contribution >= 0.6 is 11.6 Å². The smallest absolute Gasteiger partial charge is 0.353 e. The topological polar surface area (TPSA) is 105 Å². The van der Waals surface area contributed by atoms with Crippen LogP contribution in [-0.4, -0.2) is 59.2 Å². The predicted octanol–water partition coefficient (Wildman–Crippen LogP) is 2.39. The van der Waals surface area contributed by atoms with E-state index >= 15 is 0 Å². The number of nitrogens with one attached hydrogen (secondary N) is 2. The van der Waals surface area contributed by atoms with Crippen molar-refractivity contribution in [1.82, 2.24) is 14.9 Å². The molecule has 9 nitrogen and oxygen atoms in total. The summed E-state index contributed by atoms with van der Waals surface area (Å²) < 4.78 is 5.31. The molecule has 0 spiro atoms. The van der Waals surface area contributed by atoms with Crippen molar-refractivity contribution in [3.05, 3.63) is 51.3 Å². The summed E-state index contributed by atoms with van der Waals surface area (Å²) in [5.41, 5.74) is 0.653. The molecule has 2 aromatic rings. The van der Waals surface area contributed by atoms with E-state index in [0.717, 1.165) is 25.2 Å². The second kappa shape index (κ2) is 9.45. The van der Waals surface area contributed by atoms with Crippen LogP contribution in [0.15, 0.2) is 30.6 Å². The van der Waals surface area contributed by atoms with E-state index < -0.39 is 4.92 Å². The maximum absolute atomic E-state index is 11.6. The van der Waals surface area contributed by atoms with Crippen molar-refractivity contribution in [3.63, 3.8) is 0 Å². The van der Waals surface area contributed by atoms with Gasteiger partial charge in [0.15, 0.2) is 0 Å². The van der Waals surface area contributed by atoms with Gasteiger partial charge < -0.3 is 15.4 Å². The minimum atomic E-state index is -0.480. The number of ether oxygens (including phenoxy) is 1. The van der Waals surface area contributed by atoms with Crippen molar-refractivity contribution in [2.45, 2.75) is 6.54 Å². The van der Waals surface area contributed by atoms with Gasteiger partial charge in [-0.25, -0.2) is 9.97 Å². The van der Waals surface area contributed by atoms with E-state index in [2.05, 4.69) is 25.5 Å². The Morgan fingerprint density at radius 3 is 2.59 bits per heavy atom. The number of hydrogen-bond acceptors (Lipinski definition) is 8. The number of aromatic nitrogens is 2. The minimum absolute atomic E-state index is 0.156. The SMILES string of the molecule is O=[N+]([O-])c1c(NCCN2CCOCC2)ncnc1NCc1ccccc1Cl. The fourth-order valence-corrected chi connectivity index (χ4v) is 2.99. The highest BCUT2D eigenvalue weighted by molar-refractivity contribution is 6.31. The third-order valence-corrected chi connectivity index (χ3v) is 4.60. The van der Waals surface area contributed by atoms with E-state index in [9.17, 15) is 10.1 Å². The largest absolute Gasteiger partial charge is 0.379 e. The maximum Gasteiger partial charge on any atom is 0.353 e. The predicted molar refractivity (Wildman–Crippen MR) is 103 cm³/mol. The molecule has 0 radical (unpaired) electrons. The Labute approximate surface area is 161 Å². The molecule has 27 heavy (non-hydrogen) atoms. The number of nitrogens with zero attached hydrogens (tertiary/aromatic N) is 4. The van der Waals surface area contributed by atoms with Gasteiger partial charge in [-0.2, -0.15) is 0 Å². The first-order chi connectivity index (χ1) is 13.1. The molecule has 1 aromatic carbocycles. The summed E-state index contributed by atoms with van der Waals surface area (Å²) in [5, 5.41) is 18.2. The molecular weight excluding hydrogens is 372 g/mol. The van der Waals surface area contributed by atoms with Gasteiger partial charge in [0.2, 0.25) is 11.6 Å². The van der Waals surface area contributed by atoms with Crippen molar-refractivity contribution in [2.24, 2.45) is 0 Å². The van der Waals surface area contributed by atoms with Crippen LogP contribution in [0.1, 0.15) is 5.56 Å². The van der Waals surface area contributed by atoms with E-state index in [4.69, 9.17) is 16.3 Å². The highest BCUT2D eigenvalue weighted by Gasteiger charge is 2.23. The summed E-state index contributed by atoms with van der Waals surface area (Å²) in [4.78, 5) is 21.4. The van der Waals surface area contributed by atoms with E-state index in [0.29, 0.717) is 31.3 Å². The highest BCUT2D eigenvalue weighted by atomic mass is 35.5. The van der Waals surface area contributed by atoms with Crippen LogP contribution in [-0.2, 0) is 11.3 Å². The second-order valence-electron chi connectivity index (χ2n) is 6.00. The van der Waals surface area contributed by atoms with Crippen LogP contribution in [0.5, 0.6) is 0 Å². The van der Waals surface area contributed by atoms with E-state index in [1.807, 2.05) is 18.2 Å². The molecule has 10 heteroatoms. The Morgan fingerprint density at radius 1 is 1.19 bits per heavy atom. The molecule has 1 aliphatic rings. The lowest BCUT2D eigenvalue weighted by Gasteiger charge is -2.26. The first-order valence-corrected chi connectivity index (χ1v) is 9.03. The van der Waals surface area contributed by atoms with Gasteiger partial charge in [0.05, 0.1) is 18.1 Å². The Bertz CT molecular complexity index is 785. The number of morpholine rings is 1. The molecule has 0 bridgehead atoms. The van der Waals surface area contributed by atoms with Gasteiger partial charge in [0.25, 0.3) is 0 Å². The normalized spacial score (nSPS) is 14.7. The monoisotopic (exact) mass is 392 g/mol. The molecule has 0 unspecified atom stereocenters. The van der Waals surface area contributed by atoms with Gasteiger partial charge >= 0.3 is 5.69 Å². The van der Waals surface area contributed by atoms with Crippen LogP contribution in [0.2, 0.25) is 5.02 Å². The molecule has 2 heterocycles. The summed E-state index contributed by atoms with van der Waals surface area (Å²) in [7, 11) is 0. The van der Waals surface area contributed by atoms with Crippen LogP contribution in [0.25, 0.3) is 0 Å². The molecule has 3 rings (SSSR count). The second-order valence-corrected chi connectivity index (χ2v) is 6.41. The lowest BCUT2D eigenvalue weighted by molar-refractivity contribution is -0.383. The molecule has 1 saturated heterocycles. The lowest BCUT2D eigenvalue weighted by atomic mass is 10.2. The fourth-order valence-electron chi connectivity index (χ4n) is 2.79. The zero-order valence-electron chi connectivity index (χ0n) is 14.7.